The third-order valence-corrected chi connectivity index (χ3v) is 3.02. The van der Waals surface area contributed by atoms with Crippen molar-refractivity contribution in [3.8, 4) is 0 Å². The fourth-order valence-electron chi connectivity index (χ4n) is 1.82. The van der Waals surface area contributed by atoms with E-state index in [2.05, 4.69) is 0 Å². The molecule has 0 radical (unpaired) electrons. The first-order valence-electron chi connectivity index (χ1n) is 5.46. The van der Waals surface area contributed by atoms with Crippen molar-refractivity contribution in [3.05, 3.63) is 35.1 Å². The zero-order valence-corrected chi connectivity index (χ0v) is 9.50. The molecule has 2 rings (SSSR count). The predicted octanol–water partition coefficient (Wildman–Crippen LogP) is 2.74. The highest BCUT2D eigenvalue weighted by molar-refractivity contribution is 5.99. The maximum atomic E-state index is 13.3. The molecule has 1 saturated carbocycles. The molecule has 1 unspecified atom stereocenters. The molecule has 0 N–H and O–H groups in total. The minimum absolute atomic E-state index is 0.107. The van der Waals surface area contributed by atoms with Crippen LogP contribution < -0.4 is 0 Å². The fourth-order valence-corrected chi connectivity index (χ4v) is 1.82. The number of carbonyl (C=O) groups is 1. The van der Waals surface area contributed by atoms with Gasteiger partial charge in [0.15, 0.2) is 5.78 Å². The molecule has 0 bridgehead atoms. The Kier molecular flexibility index (Phi) is 3.06. The average Bonchev–Trinajstić information content (AvgIpc) is 3.07. The summed E-state index contributed by atoms with van der Waals surface area (Å²) < 4.78 is 18.5. The molecule has 1 aliphatic rings. The van der Waals surface area contributed by atoms with Gasteiger partial charge in [0.05, 0.1) is 0 Å². The van der Waals surface area contributed by atoms with Crippen LogP contribution in [0.15, 0.2) is 18.2 Å². The summed E-state index contributed by atoms with van der Waals surface area (Å²) in [4.78, 5) is 12.0. The molecule has 1 aromatic rings. The molecule has 16 heavy (non-hydrogen) atoms. The molecule has 0 heterocycles. The average molecular weight is 222 g/mol. The number of hydrogen-bond donors (Lipinski definition) is 0. The molecular weight excluding hydrogens is 207 g/mol. The number of ether oxygens (including phenoxy) is 1. The second-order valence-corrected chi connectivity index (χ2v) is 4.32. The number of halogens is 1. The van der Waals surface area contributed by atoms with Crippen LogP contribution in [0.5, 0.6) is 0 Å². The Morgan fingerprint density at radius 3 is 2.69 bits per heavy atom. The predicted molar refractivity (Wildman–Crippen MR) is 59.0 cm³/mol. The molecular formula is C13H15FO2. The van der Waals surface area contributed by atoms with E-state index in [4.69, 9.17) is 4.74 Å². The van der Waals surface area contributed by atoms with Crippen molar-refractivity contribution in [2.75, 3.05) is 7.11 Å². The number of ketones is 1. The lowest BCUT2D eigenvalue weighted by Gasteiger charge is -2.13. The Hall–Kier alpha value is -1.22. The second-order valence-electron chi connectivity index (χ2n) is 4.32. The van der Waals surface area contributed by atoms with Crippen molar-refractivity contribution >= 4 is 5.78 Å². The fraction of sp³-hybridized carbons (Fsp3) is 0.462. The lowest BCUT2D eigenvalue weighted by molar-refractivity contribution is 0.0539. The first kappa shape index (κ1) is 11.3. The van der Waals surface area contributed by atoms with Crippen molar-refractivity contribution < 1.29 is 13.9 Å². The standard InChI is InChI=1S/C13H15FO2/c1-8-3-4-10(7-11(8)14)12(15)13(16-2)9-5-6-9/h3-4,7,9,13H,5-6H2,1-2H3. The number of aryl methyl sites for hydroxylation is 1. The highest BCUT2D eigenvalue weighted by atomic mass is 19.1. The lowest BCUT2D eigenvalue weighted by atomic mass is 10.0. The SMILES string of the molecule is COC(C(=O)c1ccc(C)c(F)c1)C1CC1. The highest BCUT2D eigenvalue weighted by Crippen LogP contribution is 2.35. The van der Waals surface area contributed by atoms with Crippen molar-refractivity contribution in [2.24, 2.45) is 5.92 Å². The number of hydrogen-bond acceptors (Lipinski definition) is 2. The largest absolute Gasteiger partial charge is 0.373 e. The van der Waals surface area contributed by atoms with E-state index >= 15 is 0 Å². The molecule has 2 nitrogen and oxygen atoms in total. The van der Waals surface area contributed by atoms with Crippen LogP contribution in [0, 0.1) is 18.7 Å². The molecule has 1 aromatic carbocycles. The van der Waals surface area contributed by atoms with Gasteiger partial charge in [-0.15, -0.1) is 0 Å². The summed E-state index contributed by atoms with van der Waals surface area (Å²) >= 11 is 0. The van der Waals surface area contributed by atoms with Gasteiger partial charge < -0.3 is 4.74 Å². The maximum absolute atomic E-state index is 13.3. The van der Waals surface area contributed by atoms with E-state index in [9.17, 15) is 9.18 Å². The summed E-state index contributed by atoms with van der Waals surface area (Å²) in [5.41, 5.74) is 0.957. The highest BCUT2D eigenvalue weighted by Gasteiger charge is 2.36. The van der Waals surface area contributed by atoms with Gasteiger partial charge in [-0.1, -0.05) is 12.1 Å². The number of benzene rings is 1. The Morgan fingerprint density at radius 2 is 2.19 bits per heavy atom. The first-order chi connectivity index (χ1) is 7.63. The molecule has 1 atom stereocenters. The molecule has 1 aliphatic carbocycles. The van der Waals surface area contributed by atoms with Crippen LogP contribution >= 0.6 is 0 Å². The van der Waals surface area contributed by atoms with E-state index in [0.29, 0.717) is 17.0 Å². The van der Waals surface area contributed by atoms with Gasteiger partial charge in [0.2, 0.25) is 0 Å². The number of rotatable bonds is 4. The summed E-state index contributed by atoms with van der Waals surface area (Å²) in [6.45, 7) is 1.68. The minimum Gasteiger partial charge on any atom is -0.373 e. The number of methoxy groups -OCH3 is 1. The molecule has 0 amide bonds. The Bertz CT molecular complexity index is 410. The monoisotopic (exact) mass is 222 g/mol. The van der Waals surface area contributed by atoms with Crippen molar-refractivity contribution in [3.63, 3.8) is 0 Å². The molecule has 3 heteroatoms. The zero-order valence-electron chi connectivity index (χ0n) is 9.50. The van der Waals surface area contributed by atoms with Crippen LogP contribution in [0.4, 0.5) is 4.39 Å². The number of carbonyl (C=O) groups excluding carboxylic acids is 1. The first-order valence-corrected chi connectivity index (χ1v) is 5.46. The van der Waals surface area contributed by atoms with Gasteiger partial charge in [-0.3, -0.25) is 4.79 Å². The summed E-state index contributed by atoms with van der Waals surface area (Å²) in [6, 6.07) is 4.59. The van der Waals surface area contributed by atoms with Gasteiger partial charge in [0.1, 0.15) is 11.9 Å². The van der Waals surface area contributed by atoms with E-state index in [1.807, 2.05) is 0 Å². The molecule has 1 fully saturated rings. The molecule has 0 aromatic heterocycles. The Morgan fingerprint density at radius 1 is 1.50 bits per heavy atom. The zero-order chi connectivity index (χ0) is 11.7. The molecule has 0 aliphatic heterocycles. The van der Waals surface area contributed by atoms with Gasteiger partial charge in [0, 0.05) is 12.7 Å². The summed E-state index contributed by atoms with van der Waals surface area (Å²) in [5, 5.41) is 0. The van der Waals surface area contributed by atoms with Crippen LogP contribution in [0.2, 0.25) is 0 Å². The Labute approximate surface area is 94.4 Å². The molecule has 0 spiro atoms. The quantitative estimate of drug-likeness (QED) is 0.732. The molecule has 86 valence electrons. The second kappa shape index (κ2) is 4.34. The third-order valence-electron chi connectivity index (χ3n) is 3.02. The van der Waals surface area contributed by atoms with Crippen LogP contribution in [0.1, 0.15) is 28.8 Å². The van der Waals surface area contributed by atoms with Crippen LogP contribution in [0.3, 0.4) is 0 Å². The minimum atomic E-state index is -0.401. The van der Waals surface area contributed by atoms with Gasteiger partial charge in [-0.05, 0) is 37.3 Å². The summed E-state index contributed by atoms with van der Waals surface area (Å²) in [5.74, 6) is -0.123. The summed E-state index contributed by atoms with van der Waals surface area (Å²) in [6.07, 6.45) is 1.65. The number of Topliss-reactive ketones (excluding diaryl/α,β-unsaturated/α-hetero) is 1. The van der Waals surface area contributed by atoms with E-state index < -0.39 is 6.10 Å². The smallest absolute Gasteiger partial charge is 0.191 e. The van der Waals surface area contributed by atoms with Crippen LogP contribution in [-0.2, 0) is 4.74 Å². The summed E-state index contributed by atoms with van der Waals surface area (Å²) in [7, 11) is 1.53. The topological polar surface area (TPSA) is 26.3 Å². The van der Waals surface area contributed by atoms with E-state index in [-0.39, 0.29) is 11.6 Å². The van der Waals surface area contributed by atoms with E-state index in [1.165, 1.54) is 13.2 Å². The molecule has 0 saturated heterocycles. The van der Waals surface area contributed by atoms with Crippen molar-refractivity contribution in [1.29, 1.82) is 0 Å². The van der Waals surface area contributed by atoms with Gasteiger partial charge in [0.25, 0.3) is 0 Å². The van der Waals surface area contributed by atoms with Crippen LogP contribution in [-0.4, -0.2) is 19.0 Å². The lowest BCUT2D eigenvalue weighted by Crippen LogP contribution is -2.25. The van der Waals surface area contributed by atoms with Crippen molar-refractivity contribution in [1.82, 2.24) is 0 Å². The van der Waals surface area contributed by atoms with Gasteiger partial charge in [-0.2, -0.15) is 0 Å². The maximum Gasteiger partial charge on any atom is 0.191 e. The van der Waals surface area contributed by atoms with E-state index in [0.717, 1.165) is 12.8 Å². The Balaban J connectivity index is 2.22. The van der Waals surface area contributed by atoms with Gasteiger partial charge >= 0.3 is 0 Å². The normalized spacial score (nSPS) is 17.2. The van der Waals surface area contributed by atoms with Gasteiger partial charge in [-0.25, -0.2) is 4.39 Å². The third kappa shape index (κ3) is 2.14. The van der Waals surface area contributed by atoms with E-state index in [1.54, 1.807) is 19.1 Å². The van der Waals surface area contributed by atoms with Crippen LogP contribution in [0.25, 0.3) is 0 Å². The van der Waals surface area contributed by atoms with Crippen molar-refractivity contribution in [2.45, 2.75) is 25.9 Å².